The number of rotatable bonds is 9. The third-order valence-electron chi connectivity index (χ3n) is 5.22. The Balaban J connectivity index is 1.59. The van der Waals surface area contributed by atoms with E-state index in [-0.39, 0.29) is 11.5 Å². The summed E-state index contributed by atoms with van der Waals surface area (Å²) >= 11 is 3.43. The molecule has 1 aliphatic heterocycles. The van der Waals surface area contributed by atoms with E-state index in [9.17, 15) is 4.79 Å². The van der Waals surface area contributed by atoms with Gasteiger partial charge in [-0.1, -0.05) is 37.6 Å². The van der Waals surface area contributed by atoms with Crippen LogP contribution in [0.1, 0.15) is 55.8 Å². The van der Waals surface area contributed by atoms with E-state index in [1.807, 2.05) is 0 Å². The van der Waals surface area contributed by atoms with E-state index in [1.165, 1.54) is 36.5 Å². The molecule has 152 valence electrons. The van der Waals surface area contributed by atoms with Crippen LogP contribution in [0, 0.1) is 0 Å². The van der Waals surface area contributed by atoms with Gasteiger partial charge in [0.2, 0.25) is 0 Å². The third kappa shape index (κ3) is 6.21. The number of H-pyrrole nitrogens is 1. The van der Waals surface area contributed by atoms with E-state index in [4.69, 9.17) is 9.47 Å². The topological polar surface area (TPSA) is 51.3 Å². The van der Waals surface area contributed by atoms with E-state index in [2.05, 4.69) is 52.1 Å². The Labute approximate surface area is 175 Å². The number of aromatic amines is 1. The molecule has 3 rings (SSSR count). The lowest BCUT2D eigenvalue weighted by atomic mass is 10.0. The number of unbranched alkanes of at least 4 members (excludes halogenated alkanes) is 1. The normalized spacial score (nSPS) is 16.9. The molecule has 1 aliphatic rings. The van der Waals surface area contributed by atoms with Gasteiger partial charge in [-0.25, -0.2) is 0 Å². The van der Waals surface area contributed by atoms with E-state index >= 15 is 0 Å². The van der Waals surface area contributed by atoms with Crippen LogP contribution >= 0.6 is 15.9 Å². The highest BCUT2D eigenvalue weighted by atomic mass is 79.9. The highest BCUT2D eigenvalue weighted by Crippen LogP contribution is 2.19. The first-order valence-corrected chi connectivity index (χ1v) is 11.2. The highest BCUT2D eigenvalue weighted by Gasteiger charge is 2.15. The monoisotopic (exact) mass is 447 g/mol. The van der Waals surface area contributed by atoms with Crippen LogP contribution in [0.2, 0.25) is 0 Å². The molecule has 5 heteroatoms. The van der Waals surface area contributed by atoms with Crippen LogP contribution in [-0.4, -0.2) is 24.3 Å². The van der Waals surface area contributed by atoms with E-state index in [1.54, 1.807) is 0 Å². The quantitative estimate of drug-likeness (QED) is 0.573. The predicted octanol–water partition coefficient (Wildman–Crippen LogP) is 5.21. The zero-order valence-electron chi connectivity index (χ0n) is 16.6. The van der Waals surface area contributed by atoms with Crippen molar-refractivity contribution in [1.29, 1.82) is 0 Å². The molecule has 1 unspecified atom stereocenters. The van der Waals surface area contributed by atoms with Crippen LogP contribution in [-0.2, 0) is 24.0 Å². The minimum atomic E-state index is -0.0526. The first kappa shape index (κ1) is 21.1. The standard InChI is InChI=1S/C23H30BrNO3/c1-2-3-6-17-8-10-18(11-9-17)12-13-20-23(24)21(26)15-22(25-20)28-16-19-7-4-5-14-27-19/h8-11,15,19H,2-7,12-14,16H2,1H3,(H,25,26). The Morgan fingerprint density at radius 1 is 1.14 bits per heavy atom. The largest absolute Gasteiger partial charge is 0.476 e. The van der Waals surface area contributed by atoms with Crippen molar-refractivity contribution < 1.29 is 9.47 Å². The number of hydrogen-bond donors (Lipinski definition) is 1. The van der Waals surface area contributed by atoms with Gasteiger partial charge in [-0.3, -0.25) is 4.79 Å². The van der Waals surface area contributed by atoms with Gasteiger partial charge in [0.05, 0.1) is 10.6 Å². The van der Waals surface area contributed by atoms with Crippen molar-refractivity contribution in [3.05, 3.63) is 61.8 Å². The van der Waals surface area contributed by atoms with Crippen LogP contribution in [0.25, 0.3) is 0 Å². The van der Waals surface area contributed by atoms with Crippen molar-refractivity contribution in [3.8, 4) is 5.88 Å². The van der Waals surface area contributed by atoms with Crippen molar-refractivity contribution in [2.45, 2.75) is 64.4 Å². The summed E-state index contributed by atoms with van der Waals surface area (Å²) in [6.45, 7) is 3.50. The van der Waals surface area contributed by atoms with Gasteiger partial charge in [-0.05, 0) is 72.0 Å². The molecule has 0 bridgehead atoms. The van der Waals surface area contributed by atoms with Gasteiger partial charge >= 0.3 is 0 Å². The number of halogens is 1. The zero-order chi connectivity index (χ0) is 19.8. The molecule has 2 aromatic rings. The van der Waals surface area contributed by atoms with Gasteiger partial charge in [0, 0.05) is 18.4 Å². The van der Waals surface area contributed by atoms with Gasteiger partial charge < -0.3 is 14.5 Å². The van der Waals surface area contributed by atoms with Crippen molar-refractivity contribution in [3.63, 3.8) is 0 Å². The van der Waals surface area contributed by atoms with Crippen molar-refractivity contribution in [2.24, 2.45) is 0 Å². The SMILES string of the molecule is CCCCc1ccc(CCc2[nH]c(OCC3CCCCO3)cc(=O)c2Br)cc1. The summed E-state index contributed by atoms with van der Waals surface area (Å²) in [6, 6.07) is 10.3. The predicted molar refractivity (Wildman–Crippen MR) is 116 cm³/mol. The van der Waals surface area contributed by atoms with Crippen molar-refractivity contribution >= 4 is 15.9 Å². The molecular weight excluding hydrogens is 418 g/mol. The molecule has 1 saturated heterocycles. The Morgan fingerprint density at radius 2 is 1.89 bits per heavy atom. The van der Waals surface area contributed by atoms with E-state index < -0.39 is 0 Å². The summed E-state index contributed by atoms with van der Waals surface area (Å²) in [4.78, 5) is 15.6. The zero-order valence-corrected chi connectivity index (χ0v) is 18.2. The maximum Gasteiger partial charge on any atom is 0.199 e. The smallest absolute Gasteiger partial charge is 0.199 e. The highest BCUT2D eigenvalue weighted by molar-refractivity contribution is 9.10. The van der Waals surface area contributed by atoms with E-state index in [0.717, 1.165) is 44.4 Å². The number of nitrogens with one attached hydrogen (secondary N) is 1. The van der Waals surface area contributed by atoms with Gasteiger partial charge in [-0.2, -0.15) is 0 Å². The molecule has 28 heavy (non-hydrogen) atoms. The second-order valence-corrected chi connectivity index (χ2v) is 8.30. The summed E-state index contributed by atoms with van der Waals surface area (Å²) in [5.41, 5.74) is 3.49. The maximum absolute atomic E-state index is 12.3. The maximum atomic E-state index is 12.3. The van der Waals surface area contributed by atoms with Gasteiger partial charge in [0.15, 0.2) is 11.3 Å². The Morgan fingerprint density at radius 3 is 2.57 bits per heavy atom. The van der Waals surface area contributed by atoms with Gasteiger partial charge in [0.25, 0.3) is 0 Å². The minimum absolute atomic E-state index is 0.0526. The molecule has 0 radical (unpaired) electrons. The average molecular weight is 448 g/mol. The van der Waals surface area contributed by atoms with Gasteiger partial charge in [-0.15, -0.1) is 0 Å². The number of benzene rings is 1. The number of pyridine rings is 1. The number of ether oxygens (including phenoxy) is 2. The molecule has 0 amide bonds. The first-order chi connectivity index (χ1) is 13.7. The Kier molecular flexibility index (Phi) is 8.16. The van der Waals surface area contributed by atoms with Gasteiger partial charge in [0.1, 0.15) is 6.61 Å². The lowest BCUT2D eigenvalue weighted by Gasteiger charge is -2.22. The number of aromatic nitrogens is 1. The summed E-state index contributed by atoms with van der Waals surface area (Å²) in [6.07, 6.45) is 8.64. The molecule has 2 heterocycles. The van der Waals surface area contributed by atoms with Crippen LogP contribution in [0.15, 0.2) is 39.6 Å². The molecule has 4 nitrogen and oxygen atoms in total. The fourth-order valence-corrected chi connectivity index (χ4v) is 3.88. The summed E-state index contributed by atoms with van der Waals surface area (Å²) in [7, 11) is 0. The van der Waals surface area contributed by atoms with Crippen molar-refractivity contribution in [2.75, 3.05) is 13.2 Å². The van der Waals surface area contributed by atoms with Crippen LogP contribution < -0.4 is 10.2 Å². The molecule has 0 aliphatic carbocycles. The number of hydrogen-bond acceptors (Lipinski definition) is 3. The third-order valence-corrected chi connectivity index (χ3v) is 6.09. The average Bonchev–Trinajstić information content (AvgIpc) is 2.73. The lowest BCUT2D eigenvalue weighted by molar-refractivity contribution is -0.0120. The van der Waals surface area contributed by atoms with E-state index in [0.29, 0.717) is 17.0 Å². The summed E-state index contributed by atoms with van der Waals surface area (Å²) in [5.74, 6) is 0.521. The summed E-state index contributed by atoms with van der Waals surface area (Å²) in [5, 5.41) is 0. The minimum Gasteiger partial charge on any atom is -0.476 e. The fraction of sp³-hybridized carbons (Fsp3) is 0.522. The lowest BCUT2D eigenvalue weighted by Crippen LogP contribution is -2.26. The first-order valence-electron chi connectivity index (χ1n) is 10.4. The molecule has 0 spiro atoms. The second-order valence-electron chi connectivity index (χ2n) is 7.51. The molecular formula is C23H30BrNO3. The molecule has 1 fully saturated rings. The summed E-state index contributed by atoms with van der Waals surface area (Å²) < 4.78 is 12.1. The van der Waals surface area contributed by atoms with Crippen LogP contribution in [0.5, 0.6) is 5.88 Å². The van der Waals surface area contributed by atoms with Crippen molar-refractivity contribution in [1.82, 2.24) is 4.98 Å². The number of aryl methyl sites for hydroxylation is 3. The Hall–Kier alpha value is -1.59. The van der Waals surface area contributed by atoms with Crippen LogP contribution in [0.3, 0.4) is 0 Å². The van der Waals surface area contributed by atoms with Crippen LogP contribution in [0.4, 0.5) is 0 Å². The second kappa shape index (κ2) is 10.8. The Bertz CT molecular complexity index is 794. The molecule has 1 aromatic heterocycles. The molecule has 0 saturated carbocycles. The molecule has 1 aromatic carbocycles. The fourth-order valence-electron chi connectivity index (χ4n) is 3.47. The molecule has 1 atom stereocenters. The molecule has 1 N–H and O–H groups in total.